The summed E-state index contributed by atoms with van der Waals surface area (Å²) in [7, 11) is 0. The molecule has 4 nitrogen and oxygen atoms in total. The van der Waals surface area contributed by atoms with E-state index < -0.39 is 0 Å². The van der Waals surface area contributed by atoms with Crippen LogP contribution >= 0.6 is 11.3 Å². The molecule has 1 aliphatic rings. The van der Waals surface area contributed by atoms with Gasteiger partial charge in [-0.05, 0) is 30.8 Å². The molecule has 1 N–H and O–H groups in total. The summed E-state index contributed by atoms with van der Waals surface area (Å²) in [6.45, 7) is 5.45. The van der Waals surface area contributed by atoms with Gasteiger partial charge >= 0.3 is 0 Å². The molecular weight excluding hydrogens is 256 g/mol. The summed E-state index contributed by atoms with van der Waals surface area (Å²) in [6, 6.07) is 4.35. The molecule has 0 radical (unpaired) electrons. The zero-order valence-corrected chi connectivity index (χ0v) is 12.1. The Bertz CT molecular complexity index is 505. The number of H-pyrrole nitrogens is 1. The molecule has 0 spiro atoms. The van der Waals surface area contributed by atoms with Gasteiger partial charge in [0, 0.05) is 30.3 Å². The van der Waals surface area contributed by atoms with Crippen LogP contribution < -0.4 is 0 Å². The second-order valence-electron chi connectivity index (χ2n) is 5.15. The molecule has 0 saturated carbocycles. The van der Waals surface area contributed by atoms with Gasteiger partial charge in [0.05, 0.1) is 0 Å². The van der Waals surface area contributed by atoms with Crippen molar-refractivity contribution in [1.29, 1.82) is 0 Å². The number of aromatic amines is 1. The van der Waals surface area contributed by atoms with Crippen LogP contribution in [-0.2, 0) is 13.0 Å². The Labute approximate surface area is 117 Å². The lowest BCUT2D eigenvalue weighted by molar-refractivity contribution is 0.198. The summed E-state index contributed by atoms with van der Waals surface area (Å²) >= 11 is 1.84. The van der Waals surface area contributed by atoms with Crippen molar-refractivity contribution < 1.29 is 0 Å². The lowest BCUT2D eigenvalue weighted by Gasteiger charge is -2.30. The molecule has 0 aromatic carbocycles. The first-order valence-corrected chi connectivity index (χ1v) is 7.89. The van der Waals surface area contributed by atoms with E-state index in [4.69, 9.17) is 0 Å². The number of likely N-dealkylation sites (tertiary alicyclic amines) is 1. The second-order valence-corrected chi connectivity index (χ2v) is 6.18. The molecule has 102 valence electrons. The van der Waals surface area contributed by atoms with Crippen molar-refractivity contribution in [3.8, 4) is 0 Å². The van der Waals surface area contributed by atoms with Crippen LogP contribution in [0.5, 0.6) is 0 Å². The van der Waals surface area contributed by atoms with Gasteiger partial charge in [-0.1, -0.05) is 13.0 Å². The molecule has 0 amide bonds. The number of rotatable bonds is 4. The summed E-state index contributed by atoms with van der Waals surface area (Å²) in [4.78, 5) is 8.57. The molecule has 0 unspecified atom stereocenters. The number of hydrogen-bond donors (Lipinski definition) is 1. The third-order valence-corrected chi connectivity index (χ3v) is 4.58. The fraction of sp³-hybridized carbons (Fsp3) is 0.571. The SMILES string of the molecule is CCc1nc([C@@H]2CCCN(Cc3cccs3)C2)n[nH]1. The van der Waals surface area contributed by atoms with Crippen LogP contribution in [0.2, 0.25) is 0 Å². The van der Waals surface area contributed by atoms with E-state index in [1.807, 2.05) is 11.3 Å². The van der Waals surface area contributed by atoms with Crippen LogP contribution in [-0.4, -0.2) is 33.2 Å². The summed E-state index contributed by atoms with van der Waals surface area (Å²) in [5, 5.41) is 9.57. The van der Waals surface area contributed by atoms with Crippen molar-refractivity contribution >= 4 is 11.3 Å². The van der Waals surface area contributed by atoms with E-state index >= 15 is 0 Å². The number of nitrogens with zero attached hydrogens (tertiary/aromatic N) is 3. The highest BCUT2D eigenvalue weighted by molar-refractivity contribution is 7.09. The predicted molar refractivity (Wildman–Crippen MR) is 77.3 cm³/mol. The van der Waals surface area contributed by atoms with Crippen LogP contribution in [0.25, 0.3) is 0 Å². The number of thiophene rings is 1. The summed E-state index contributed by atoms with van der Waals surface area (Å²) < 4.78 is 0. The Morgan fingerprint density at radius 1 is 1.53 bits per heavy atom. The van der Waals surface area contributed by atoms with Crippen molar-refractivity contribution in [1.82, 2.24) is 20.1 Å². The predicted octanol–water partition coefficient (Wildman–Crippen LogP) is 2.81. The molecule has 1 saturated heterocycles. The topological polar surface area (TPSA) is 44.8 Å². The van der Waals surface area contributed by atoms with E-state index in [1.54, 1.807) is 0 Å². The van der Waals surface area contributed by atoms with E-state index in [2.05, 4.69) is 44.5 Å². The van der Waals surface area contributed by atoms with Gasteiger partial charge in [-0.3, -0.25) is 10.00 Å². The third kappa shape index (κ3) is 3.04. The first-order valence-electron chi connectivity index (χ1n) is 7.01. The van der Waals surface area contributed by atoms with Crippen molar-refractivity contribution in [2.24, 2.45) is 0 Å². The smallest absolute Gasteiger partial charge is 0.155 e. The minimum absolute atomic E-state index is 0.491. The highest BCUT2D eigenvalue weighted by Gasteiger charge is 2.24. The number of piperidine rings is 1. The van der Waals surface area contributed by atoms with Gasteiger partial charge < -0.3 is 0 Å². The first-order chi connectivity index (χ1) is 9.35. The van der Waals surface area contributed by atoms with Gasteiger partial charge in [0.2, 0.25) is 0 Å². The molecule has 1 fully saturated rings. The van der Waals surface area contributed by atoms with E-state index in [9.17, 15) is 0 Å². The van der Waals surface area contributed by atoms with Crippen molar-refractivity contribution in [3.05, 3.63) is 34.0 Å². The largest absolute Gasteiger partial charge is 0.298 e. The number of aryl methyl sites for hydroxylation is 1. The first kappa shape index (κ1) is 12.8. The van der Waals surface area contributed by atoms with Crippen LogP contribution in [0, 0.1) is 0 Å². The maximum absolute atomic E-state index is 4.59. The Morgan fingerprint density at radius 2 is 2.47 bits per heavy atom. The molecule has 3 heterocycles. The molecular formula is C14H20N4S. The normalized spacial score (nSPS) is 20.8. The van der Waals surface area contributed by atoms with E-state index in [0.717, 1.165) is 31.2 Å². The zero-order valence-electron chi connectivity index (χ0n) is 11.3. The average Bonchev–Trinajstić information content (AvgIpc) is 3.09. The van der Waals surface area contributed by atoms with E-state index in [1.165, 1.54) is 24.3 Å². The minimum Gasteiger partial charge on any atom is -0.298 e. The average molecular weight is 276 g/mol. The Kier molecular flexibility index (Phi) is 3.94. The third-order valence-electron chi connectivity index (χ3n) is 3.71. The molecule has 19 heavy (non-hydrogen) atoms. The fourth-order valence-electron chi connectivity index (χ4n) is 2.68. The maximum atomic E-state index is 4.59. The van der Waals surface area contributed by atoms with E-state index in [-0.39, 0.29) is 0 Å². The monoisotopic (exact) mass is 276 g/mol. The van der Waals surface area contributed by atoms with Gasteiger partial charge in [0.1, 0.15) is 5.82 Å². The molecule has 0 bridgehead atoms. The number of hydrogen-bond acceptors (Lipinski definition) is 4. The van der Waals surface area contributed by atoms with Crippen molar-refractivity contribution in [2.45, 2.75) is 38.6 Å². The van der Waals surface area contributed by atoms with Gasteiger partial charge in [-0.25, -0.2) is 4.98 Å². The lowest BCUT2D eigenvalue weighted by atomic mass is 9.97. The molecule has 0 aliphatic carbocycles. The van der Waals surface area contributed by atoms with E-state index in [0.29, 0.717) is 5.92 Å². The Hall–Kier alpha value is -1.20. The second kappa shape index (κ2) is 5.84. The lowest BCUT2D eigenvalue weighted by Crippen LogP contribution is -2.34. The summed E-state index contributed by atoms with van der Waals surface area (Å²) in [5.41, 5.74) is 0. The summed E-state index contributed by atoms with van der Waals surface area (Å²) in [6.07, 6.45) is 3.38. The zero-order chi connectivity index (χ0) is 13.1. The van der Waals surface area contributed by atoms with Crippen molar-refractivity contribution in [2.75, 3.05) is 13.1 Å². The molecule has 1 aliphatic heterocycles. The Morgan fingerprint density at radius 3 is 3.21 bits per heavy atom. The Balaban J connectivity index is 1.64. The van der Waals surface area contributed by atoms with Gasteiger partial charge in [-0.2, -0.15) is 5.10 Å². The number of nitrogens with one attached hydrogen (secondary N) is 1. The quantitative estimate of drug-likeness (QED) is 0.934. The molecule has 1 atom stereocenters. The van der Waals surface area contributed by atoms with Crippen LogP contribution in [0.4, 0.5) is 0 Å². The standard InChI is InChI=1S/C14H20N4S/c1-2-13-15-14(17-16-13)11-5-3-7-18(9-11)10-12-6-4-8-19-12/h4,6,8,11H,2-3,5,7,9-10H2,1H3,(H,15,16,17)/t11-/m1/s1. The van der Waals surface area contributed by atoms with Gasteiger partial charge in [0.25, 0.3) is 0 Å². The molecule has 5 heteroatoms. The minimum atomic E-state index is 0.491. The number of aromatic nitrogens is 3. The molecule has 3 rings (SSSR count). The highest BCUT2D eigenvalue weighted by atomic mass is 32.1. The molecule has 2 aromatic rings. The van der Waals surface area contributed by atoms with Gasteiger partial charge in [-0.15, -0.1) is 11.3 Å². The van der Waals surface area contributed by atoms with Crippen molar-refractivity contribution in [3.63, 3.8) is 0 Å². The molecule has 2 aromatic heterocycles. The van der Waals surface area contributed by atoms with Crippen LogP contribution in [0.3, 0.4) is 0 Å². The fourth-order valence-corrected chi connectivity index (χ4v) is 3.43. The maximum Gasteiger partial charge on any atom is 0.155 e. The van der Waals surface area contributed by atoms with Crippen LogP contribution in [0.1, 0.15) is 42.2 Å². The highest BCUT2D eigenvalue weighted by Crippen LogP contribution is 2.26. The van der Waals surface area contributed by atoms with Gasteiger partial charge in [0.15, 0.2) is 5.82 Å². The van der Waals surface area contributed by atoms with Crippen LogP contribution in [0.15, 0.2) is 17.5 Å². The summed E-state index contributed by atoms with van der Waals surface area (Å²) in [5.74, 6) is 2.50.